The zero-order valence-corrected chi connectivity index (χ0v) is 21.6. The zero-order chi connectivity index (χ0) is 24.2. The summed E-state index contributed by atoms with van der Waals surface area (Å²) in [7, 11) is 1.37. The Kier molecular flexibility index (Phi) is 7.08. The number of para-hydroxylation sites is 1. The lowest BCUT2D eigenvalue weighted by Gasteiger charge is -2.21. The number of rotatable bonds is 9. The highest BCUT2D eigenvalue weighted by Crippen LogP contribution is 2.37. The van der Waals surface area contributed by atoms with Crippen LogP contribution in [0.25, 0.3) is 21.6 Å². The van der Waals surface area contributed by atoms with E-state index in [9.17, 15) is 4.79 Å². The van der Waals surface area contributed by atoms with E-state index in [4.69, 9.17) is 9.47 Å². The molecule has 0 fully saturated rings. The highest BCUT2D eigenvalue weighted by molar-refractivity contribution is 8.02. The van der Waals surface area contributed by atoms with E-state index >= 15 is 0 Å². The largest absolute Gasteiger partial charge is 0.488 e. The summed E-state index contributed by atoms with van der Waals surface area (Å²) in [6.45, 7) is 3.45. The fraction of sp³-hybridized carbons (Fsp3) is 0.154. The molecule has 0 saturated carbocycles. The van der Waals surface area contributed by atoms with Gasteiger partial charge in [0.2, 0.25) is 0 Å². The van der Waals surface area contributed by atoms with Crippen LogP contribution in [-0.2, 0) is 11.3 Å². The van der Waals surface area contributed by atoms with E-state index in [1.54, 1.807) is 58.9 Å². The van der Waals surface area contributed by atoms with Crippen LogP contribution in [0.2, 0.25) is 0 Å². The van der Waals surface area contributed by atoms with E-state index in [1.165, 1.54) is 11.3 Å². The predicted molar refractivity (Wildman–Crippen MR) is 145 cm³/mol. The Morgan fingerprint density at radius 3 is 2.74 bits per heavy atom. The van der Waals surface area contributed by atoms with Crippen LogP contribution < -0.4 is 9.04 Å². The molecule has 0 spiro atoms. The smallest absolute Gasteiger partial charge is 0.337 e. The number of thiophene rings is 1. The van der Waals surface area contributed by atoms with E-state index in [0.29, 0.717) is 17.9 Å². The Morgan fingerprint density at radius 1 is 1.14 bits per heavy atom. The van der Waals surface area contributed by atoms with E-state index in [-0.39, 0.29) is 5.97 Å². The van der Waals surface area contributed by atoms with Gasteiger partial charge >= 0.3 is 5.97 Å². The third-order valence-electron chi connectivity index (χ3n) is 5.33. The second-order valence-corrected chi connectivity index (χ2v) is 11.0. The SMILES string of the molecule is CCN(Sc1cccs1)c1cccc2cc(-c3ncc(COc4ccc(C(=O)OC)cc4)s3)[nH]c12. The van der Waals surface area contributed by atoms with Gasteiger partial charge < -0.3 is 18.8 Å². The molecule has 178 valence electrons. The topological polar surface area (TPSA) is 67.5 Å². The number of aromatic nitrogens is 2. The number of ether oxygens (including phenoxy) is 2. The van der Waals surface area contributed by atoms with Crippen molar-refractivity contribution in [1.82, 2.24) is 9.97 Å². The van der Waals surface area contributed by atoms with Crippen LogP contribution >= 0.6 is 34.6 Å². The Morgan fingerprint density at radius 2 is 2.00 bits per heavy atom. The summed E-state index contributed by atoms with van der Waals surface area (Å²) in [6.07, 6.45) is 1.85. The third kappa shape index (κ3) is 5.22. The minimum atomic E-state index is -0.364. The van der Waals surface area contributed by atoms with Crippen molar-refractivity contribution in [3.05, 3.63) is 82.7 Å². The molecular weight excluding hydrogens is 499 g/mol. The van der Waals surface area contributed by atoms with Gasteiger partial charge in [-0.1, -0.05) is 18.2 Å². The number of hydrogen-bond donors (Lipinski definition) is 1. The number of fused-ring (bicyclic) bond motifs is 1. The fourth-order valence-corrected chi connectivity index (χ4v) is 6.22. The van der Waals surface area contributed by atoms with Crippen molar-refractivity contribution < 1.29 is 14.3 Å². The number of thiazole rings is 1. The van der Waals surface area contributed by atoms with Crippen molar-refractivity contribution in [2.75, 3.05) is 18.0 Å². The fourth-order valence-electron chi connectivity index (χ4n) is 3.63. The first-order chi connectivity index (χ1) is 17.1. The minimum Gasteiger partial charge on any atom is -0.488 e. The van der Waals surface area contributed by atoms with Crippen molar-refractivity contribution >= 4 is 57.2 Å². The van der Waals surface area contributed by atoms with Crippen LogP contribution in [0.4, 0.5) is 5.69 Å². The molecule has 0 radical (unpaired) electrons. The summed E-state index contributed by atoms with van der Waals surface area (Å²) >= 11 is 5.10. The van der Waals surface area contributed by atoms with Crippen LogP contribution in [0.15, 0.2) is 76.4 Å². The molecule has 0 amide bonds. The first-order valence-corrected chi connectivity index (χ1v) is 13.5. The standard InChI is InChI=1S/C26H23N3O3S3/c1-3-29(35-23-8-5-13-33-23)22-7-4-6-18-14-21(28-24(18)22)25-27-15-20(34-25)16-32-19-11-9-17(10-12-19)26(30)31-2/h4-15,28H,3,16H2,1-2H3. The van der Waals surface area contributed by atoms with Gasteiger partial charge in [0.1, 0.15) is 17.4 Å². The Labute approximate surface area is 215 Å². The molecule has 9 heteroatoms. The summed E-state index contributed by atoms with van der Waals surface area (Å²) in [5.74, 6) is 0.322. The Balaban J connectivity index is 1.32. The minimum absolute atomic E-state index is 0.364. The summed E-state index contributed by atoms with van der Waals surface area (Å²) < 4.78 is 14.2. The summed E-state index contributed by atoms with van der Waals surface area (Å²) in [5.41, 5.74) is 3.74. The van der Waals surface area contributed by atoms with E-state index in [1.807, 2.05) is 6.20 Å². The lowest BCUT2D eigenvalue weighted by Crippen LogP contribution is -2.13. The molecule has 3 heterocycles. The molecule has 0 bridgehead atoms. The molecule has 0 atom stereocenters. The number of carbonyl (C=O) groups excluding carboxylic acids is 1. The normalized spacial score (nSPS) is 11.0. The third-order valence-corrected chi connectivity index (χ3v) is 8.50. The number of esters is 1. The molecule has 0 unspecified atom stereocenters. The number of methoxy groups -OCH3 is 1. The van der Waals surface area contributed by atoms with Crippen molar-refractivity contribution in [1.29, 1.82) is 0 Å². The van der Waals surface area contributed by atoms with Crippen molar-refractivity contribution in [3.63, 3.8) is 0 Å². The number of benzene rings is 2. The summed E-state index contributed by atoms with van der Waals surface area (Å²) in [6, 6.07) is 19.7. The monoisotopic (exact) mass is 521 g/mol. The highest BCUT2D eigenvalue weighted by Gasteiger charge is 2.15. The first kappa shape index (κ1) is 23.5. The quantitative estimate of drug-likeness (QED) is 0.163. The number of anilines is 1. The van der Waals surface area contributed by atoms with Crippen LogP contribution in [0.5, 0.6) is 5.75 Å². The van der Waals surface area contributed by atoms with Crippen molar-refractivity contribution in [2.45, 2.75) is 17.7 Å². The maximum absolute atomic E-state index is 11.6. The second kappa shape index (κ2) is 10.6. The average molecular weight is 522 g/mol. The van der Waals surface area contributed by atoms with Gasteiger partial charge in [-0.2, -0.15) is 0 Å². The number of aromatic amines is 1. The van der Waals surface area contributed by atoms with Gasteiger partial charge in [-0.05, 0) is 66.7 Å². The van der Waals surface area contributed by atoms with Crippen LogP contribution in [0, 0.1) is 0 Å². The number of hydrogen-bond acceptors (Lipinski definition) is 8. The van der Waals surface area contributed by atoms with Crippen molar-refractivity contribution in [3.8, 4) is 16.5 Å². The lowest BCUT2D eigenvalue weighted by atomic mass is 10.2. The van der Waals surface area contributed by atoms with Gasteiger partial charge in [0.15, 0.2) is 0 Å². The maximum Gasteiger partial charge on any atom is 0.337 e. The van der Waals surface area contributed by atoms with Gasteiger partial charge in [0.25, 0.3) is 0 Å². The van der Waals surface area contributed by atoms with Crippen LogP contribution in [0.1, 0.15) is 22.2 Å². The molecule has 5 aromatic rings. The Bertz CT molecular complexity index is 1430. The molecule has 3 aromatic heterocycles. The van der Waals surface area contributed by atoms with Gasteiger partial charge in [0.05, 0.1) is 38.7 Å². The molecule has 0 aliphatic rings. The first-order valence-electron chi connectivity index (χ1n) is 11.0. The van der Waals surface area contributed by atoms with Crippen LogP contribution in [-0.4, -0.2) is 29.6 Å². The molecule has 5 rings (SSSR count). The lowest BCUT2D eigenvalue weighted by molar-refractivity contribution is 0.0600. The van der Waals surface area contributed by atoms with Crippen LogP contribution in [0.3, 0.4) is 0 Å². The molecule has 0 aliphatic carbocycles. The summed E-state index contributed by atoms with van der Waals surface area (Å²) in [4.78, 5) is 20.8. The average Bonchev–Trinajstić information content (AvgIpc) is 3.66. The molecule has 0 aliphatic heterocycles. The highest BCUT2D eigenvalue weighted by atomic mass is 32.2. The van der Waals surface area contributed by atoms with E-state index in [0.717, 1.165) is 38.7 Å². The van der Waals surface area contributed by atoms with E-state index < -0.39 is 0 Å². The van der Waals surface area contributed by atoms with Gasteiger partial charge in [-0.3, -0.25) is 0 Å². The maximum atomic E-state index is 11.6. The van der Waals surface area contributed by atoms with Crippen molar-refractivity contribution in [2.24, 2.45) is 0 Å². The van der Waals surface area contributed by atoms with Gasteiger partial charge in [-0.15, -0.1) is 22.7 Å². The van der Waals surface area contributed by atoms with Gasteiger partial charge in [-0.25, -0.2) is 9.78 Å². The molecule has 6 nitrogen and oxygen atoms in total. The summed E-state index contributed by atoms with van der Waals surface area (Å²) in [5, 5.41) is 4.17. The number of carbonyl (C=O) groups is 1. The molecule has 1 N–H and O–H groups in total. The van der Waals surface area contributed by atoms with Gasteiger partial charge in [0, 0.05) is 18.1 Å². The molecule has 0 saturated heterocycles. The second-order valence-electron chi connectivity index (χ2n) is 7.58. The Hall–Kier alpha value is -3.27. The molecule has 35 heavy (non-hydrogen) atoms. The molecule has 2 aromatic carbocycles. The van der Waals surface area contributed by atoms with E-state index in [2.05, 4.69) is 63.0 Å². The predicted octanol–water partition coefficient (Wildman–Crippen LogP) is 7.25. The number of nitrogens with one attached hydrogen (secondary N) is 1. The molecular formula is C26H23N3O3S3. The number of nitrogens with zero attached hydrogens (tertiary/aromatic N) is 2. The number of H-pyrrole nitrogens is 1. The zero-order valence-electron chi connectivity index (χ0n) is 19.2.